The largest absolute Gasteiger partial charge is 0.396 e. The van der Waals surface area contributed by atoms with Gasteiger partial charge in [-0.3, -0.25) is 0 Å². The van der Waals surface area contributed by atoms with Gasteiger partial charge in [0.05, 0.1) is 0 Å². The summed E-state index contributed by atoms with van der Waals surface area (Å²) in [5.41, 5.74) is 5.87. The molecule has 0 rings (SSSR count). The van der Waals surface area contributed by atoms with Crippen molar-refractivity contribution < 1.29 is 5.11 Å². The van der Waals surface area contributed by atoms with Gasteiger partial charge >= 0.3 is 0 Å². The molecular formula is C11H25NO. The zero-order chi connectivity index (χ0) is 10.2. The van der Waals surface area contributed by atoms with E-state index in [1.807, 2.05) is 0 Å². The lowest BCUT2D eigenvalue weighted by molar-refractivity contribution is 0.188. The van der Waals surface area contributed by atoms with E-state index in [-0.39, 0.29) is 12.0 Å². The maximum absolute atomic E-state index is 8.88. The zero-order valence-corrected chi connectivity index (χ0v) is 9.18. The highest BCUT2D eigenvalue weighted by molar-refractivity contribution is 4.74. The Labute approximate surface area is 82.5 Å². The third-order valence-electron chi connectivity index (χ3n) is 2.84. The molecule has 0 radical (unpaired) electrons. The van der Waals surface area contributed by atoms with Crippen LogP contribution in [0.1, 0.15) is 52.4 Å². The first-order valence-corrected chi connectivity index (χ1v) is 5.49. The summed E-state index contributed by atoms with van der Waals surface area (Å²) in [6, 6.07) is 0. The Morgan fingerprint density at radius 3 is 2.31 bits per heavy atom. The van der Waals surface area contributed by atoms with Gasteiger partial charge in [-0.25, -0.2) is 0 Å². The molecule has 0 saturated heterocycles. The van der Waals surface area contributed by atoms with E-state index in [0.717, 1.165) is 12.8 Å². The molecule has 2 nitrogen and oxygen atoms in total. The van der Waals surface area contributed by atoms with Crippen molar-refractivity contribution in [1.29, 1.82) is 0 Å². The van der Waals surface area contributed by atoms with Gasteiger partial charge in [0.15, 0.2) is 0 Å². The summed E-state index contributed by atoms with van der Waals surface area (Å²) < 4.78 is 0. The van der Waals surface area contributed by atoms with Crippen molar-refractivity contribution in [2.24, 2.45) is 11.1 Å². The summed E-state index contributed by atoms with van der Waals surface area (Å²) in [6.45, 7) is 5.35. The Hall–Kier alpha value is -0.0800. The van der Waals surface area contributed by atoms with Crippen molar-refractivity contribution in [3.63, 3.8) is 0 Å². The van der Waals surface area contributed by atoms with Crippen LogP contribution in [0, 0.1) is 5.41 Å². The Bertz CT molecular complexity index is 117. The van der Waals surface area contributed by atoms with Crippen LogP contribution in [0.4, 0.5) is 0 Å². The van der Waals surface area contributed by atoms with E-state index in [1.54, 1.807) is 0 Å². The Kier molecular flexibility index (Phi) is 7.29. The van der Waals surface area contributed by atoms with Gasteiger partial charge in [-0.05, 0) is 24.8 Å². The first kappa shape index (κ1) is 12.9. The van der Waals surface area contributed by atoms with Crippen LogP contribution in [0.2, 0.25) is 0 Å². The molecule has 0 aliphatic heterocycles. The van der Waals surface area contributed by atoms with E-state index < -0.39 is 0 Å². The fourth-order valence-corrected chi connectivity index (χ4v) is 1.58. The predicted octanol–water partition coefficient (Wildman–Crippen LogP) is 2.30. The van der Waals surface area contributed by atoms with Gasteiger partial charge in [0.1, 0.15) is 0 Å². The number of rotatable bonds is 8. The molecule has 0 aromatic rings. The van der Waals surface area contributed by atoms with Crippen molar-refractivity contribution in [2.75, 3.05) is 13.2 Å². The van der Waals surface area contributed by atoms with Crippen LogP contribution in [-0.4, -0.2) is 18.3 Å². The quantitative estimate of drug-likeness (QED) is 0.573. The summed E-state index contributed by atoms with van der Waals surface area (Å²) in [5.74, 6) is 0. The van der Waals surface area contributed by atoms with Gasteiger partial charge in [-0.2, -0.15) is 0 Å². The van der Waals surface area contributed by atoms with Gasteiger partial charge < -0.3 is 10.8 Å². The standard InChI is InChI=1S/C11H25NO/c1-3-4-5-6-7-11(2,10-12)8-9-13/h13H,3-10,12H2,1-2H3. The topological polar surface area (TPSA) is 46.2 Å². The highest BCUT2D eigenvalue weighted by Gasteiger charge is 2.20. The molecule has 1 unspecified atom stereocenters. The number of aliphatic hydroxyl groups excluding tert-OH is 1. The van der Waals surface area contributed by atoms with Crippen LogP contribution in [-0.2, 0) is 0 Å². The van der Waals surface area contributed by atoms with Gasteiger partial charge in [-0.1, -0.05) is 39.5 Å². The molecule has 13 heavy (non-hydrogen) atoms. The van der Waals surface area contributed by atoms with Crippen molar-refractivity contribution in [2.45, 2.75) is 52.4 Å². The molecule has 0 aromatic heterocycles. The highest BCUT2D eigenvalue weighted by Crippen LogP contribution is 2.26. The fraction of sp³-hybridized carbons (Fsp3) is 1.00. The molecule has 0 aromatic carbocycles. The molecule has 0 saturated carbocycles. The van der Waals surface area contributed by atoms with E-state index in [0.29, 0.717) is 6.54 Å². The van der Waals surface area contributed by atoms with Crippen molar-refractivity contribution >= 4 is 0 Å². The molecule has 0 heterocycles. The van der Waals surface area contributed by atoms with Gasteiger partial charge in [0.2, 0.25) is 0 Å². The molecule has 1 atom stereocenters. The smallest absolute Gasteiger partial charge is 0.0436 e. The summed E-state index contributed by atoms with van der Waals surface area (Å²) in [4.78, 5) is 0. The van der Waals surface area contributed by atoms with E-state index in [9.17, 15) is 0 Å². The summed E-state index contributed by atoms with van der Waals surface area (Å²) >= 11 is 0. The van der Waals surface area contributed by atoms with Crippen LogP contribution in [0.25, 0.3) is 0 Å². The van der Waals surface area contributed by atoms with Crippen molar-refractivity contribution in [3.05, 3.63) is 0 Å². The van der Waals surface area contributed by atoms with Crippen molar-refractivity contribution in [1.82, 2.24) is 0 Å². The highest BCUT2D eigenvalue weighted by atomic mass is 16.3. The second-order valence-corrected chi connectivity index (χ2v) is 4.30. The Balaban J connectivity index is 3.57. The second-order valence-electron chi connectivity index (χ2n) is 4.30. The number of hydrogen-bond acceptors (Lipinski definition) is 2. The molecule has 0 fully saturated rings. The third-order valence-corrected chi connectivity index (χ3v) is 2.84. The maximum Gasteiger partial charge on any atom is 0.0436 e. The molecular weight excluding hydrogens is 162 g/mol. The number of hydrogen-bond donors (Lipinski definition) is 2. The summed E-state index contributed by atoms with van der Waals surface area (Å²) in [6.07, 6.45) is 7.15. The van der Waals surface area contributed by atoms with Crippen LogP contribution < -0.4 is 5.73 Å². The van der Waals surface area contributed by atoms with Crippen LogP contribution >= 0.6 is 0 Å². The van der Waals surface area contributed by atoms with Crippen LogP contribution in [0.3, 0.4) is 0 Å². The molecule has 0 bridgehead atoms. The molecule has 0 aliphatic rings. The van der Waals surface area contributed by atoms with Gasteiger partial charge in [0.25, 0.3) is 0 Å². The Morgan fingerprint density at radius 2 is 1.85 bits per heavy atom. The first-order valence-electron chi connectivity index (χ1n) is 5.49. The lowest BCUT2D eigenvalue weighted by Gasteiger charge is -2.27. The van der Waals surface area contributed by atoms with E-state index in [1.165, 1.54) is 25.7 Å². The first-order chi connectivity index (χ1) is 6.18. The predicted molar refractivity (Wildman–Crippen MR) is 57.6 cm³/mol. The number of unbranched alkanes of at least 4 members (excludes halogenated alkanes) is 3. The van der Waals surface area contributed by atoms with Crippen LogP contribution in [0.5, 0.6) is 0 Å². The molecule has 0 amide bonds. The Morgan fingerprint density at radius 1 is 1.15 bits per heavy atom. The molecule has 0 aliphatic carbocycles. The third kappa shape index (κ3) is 6.05. The monoisotopic (exact) mass is 187 g/mol. The second kappa shape index (κ2) is 7.34. The normalized spacial score (nSPS) is 15.7. The minimum atomic E-state index is 0.169. The van der Waals surface area contributed by atoms with Gasteiger partial charge in [0, 0.05) is 6.61 Å². The molecule has 80 valence electrons. The number of aliphatic hydroxyl groups is 1. The fourth-order valence-electron chi connectivity index (χ4n) is 1.58. The molecule has 2 heteroatoms. The van der Waals surface area contributed by atoms with Crippen molar-refractivity contribution in [3.8, 4) is 0 Å². The van der Waals surface area contributed by atoms with Gasteiger partial charge in [-0.15, -0.1) is 0 Å². The van der Waals surface area contributed by atoms with E-state index in [2.05, 4.69) is 13.8 Å². The minimum Gasteiger partial charge on any atom is -0.396 e. The SMILES string of the molecule is CCCCCCC(C)(CN)CCO. The molecule has 0 spiro atoms. The summed E-state index contributed by atoms with van der Waals surface area (Å²) in [5, 5.41) is 8.88. The van der Waals surface area contributed by atoms with Crippen LogP contribution in [0.15, 0.2) is 0 Å². The average Bonchev–Trinajstić information content (AvgIpc) is 2.13. The lowest BCUT2D eigenvalue weighted by Crippen LogP contribution is -2.28. The van der Waals surface area contributed by atoms with E-state index >= 15 is 0 Å². The minimum absolute atomic E-state index is 0.169. The number of nitrogens with two attached hydrogens (primary N) is 1. The average molecular weight is 187 g/mol. The molecule has 3 N–H and O–H groups in total. The zero-order valence-electron chi connectivity index (χ0n) is 9.18. The lowest BCUT2D eigenvalue weighted by atomic mass is 9.82. The maximum atomic E-state index is 8.88. The van der Waals surface area contributed by atoms with E-state index in [4.69, 9.17) is 10.8 Å². The summed E-state index contributed by atoms with van der Waals surface area (Å²) in [7, 11) is 0.